The Labute approximate surface area is 212 Å². The van der Waals surface area contributed by atoms with E-state index in [-0.39, 0.29) is 0 Å². The van der Waals surface area contributed by atoms with Crippen LogP contribution in [0.4, 0.5) is 0 Å². The zero-order valence-electron chi connectivity index (χ0n) is 20.3. The molecule has 5 aromatic carbocycles. The first-order valence-corrected chi connectivity index (χ1v) is 12.7. The molecule has 0 atom stereocenters. The topological polar surface area (TPSA) is 25.8 Å². The van der Waals surface area contributed by atoms with Gasteiger partial charge in [0.05, 0.1) is 0 Å². The summed E-state index contributed by atoms with van der Waals surface area (Å²) in [5, 5.41) is 12.6. The van der Waals surface area contributed by atoms with Crippen molar-refractivity contribution in [2.24, 2.45) is 0 Å². The monoisotopic (exact) mass is 464 g/mol. The van der Waals surface area contributed by atoms with Crippen LogP contribution >= 0.6 is 0 Å². The highest BCUT2D eigenvalue weighted by molar-refractivity contribution is 6.18. The number of nitrogens with zero attached hydrogens (tertiary/aromatic N) is 2. The minimum atomic E-state index is 1.21. The Hall–Kier alpha value is -4.30. The highest BCUT2D eigenvalue weighted by atomic mass is 15.1. The largest absolute Gasteiger partial charge is 0.159 e. The van der Waals surface area contributed by atoms with E-state index in [4.69, 9.17) is 0 Å². The normalized spacial score (nSPS) is 12.6. The summed E-state index contributed by atoms with van der Waals surface area (Å²) in [6.45, 7) is 0. The van der Waals surface area contributed by atoms with Gasteiger partial charge in [-0.3, -0.25) is 0 Å². The fourth-order valence-electron chi connectivity index (χ4n) is 5.50. The molecule has 2 heteroatoms. The maximum Gasteiger partial charge on any atom is 0.0496 e. The summed E-state index contributed by atoms with van der Waals surface area (Å²) in [4.78, 5) is 0. The Kier molecular flexibility index (Phi) is 6.24. The first-order valence-electron chi connectivity index (χ1n) is 12.7. The van der Waals surface area contributed by atoms with Gasteiger partial charge >= 0.3 is 0 Å². The third-order valence-corrected chi connectivity index (χ3v) is 7.16. The average Bonchev–Trinajstić information content (AvgIpc) is 2.98. The van der Waals surface area contributed by atoms with Crippen molar-refractivity contribution in [3.8, 4) is 22.3 Å². The third kappa shape index (κ3) is 4.27. The SMILES string of the molecule is c1ccc(-c2ccc(-c3ccccc3)c3c2ccc2c4c(ccc23)CCCC4)cc1.c1ccnnc1. The standard InChI is InChI=1S/C30H24.C4H4N2/c1-3-9-21(10-4-1)25-17-18-26(22-11-5-2-6-12-22)30-28(25)20-19-27-24-14-8-7-13-23(24)15-16-29(27)30;1-2-4-6-5-3-1/h1-6,9-12,15-20H,7-8,13-14H2;1-4H. The van der Waals surface area contributed by atoms with Gasteiger partial charge < -0.3 is 0 Å². The van der Waals surface area contributed by atoms with Gasteiger partial charge in [0, 0.05) is 12.4 Å². The molecular weight excluding hydrogens is 436 g/mol. The van der Waals surface area contributed by atoms with Crippen LogP contribution in [0.3, 0.4) is 0 Å². The predicted molar refractivity (Wildman–Crippen MR) is 151 cm³/mol. The molecule has 0 unspecified atom stereocenters. The summed E-state index contributed by atoms with van der Waals surface area (Å²) in [5.41, 5.74) is 8.32. The molecule has 0 fully saturated rings. The maximum atomic E-state index is 3.53. The summed E-state index contributed by atoms with van der Waals surface area (Å²) in [7, 11) is 0. The smallest absolute Gasteiger partial charge is 0.0496 e. The van der Waals surface area contributed by atoms with Crippen LogP contribution in [0.2, 0.25) is 0 Å². The molecule has 1 aromatic heterocycles. The quantitative estimate of drug-likeness (QED) is 0.240. The number of benzene rings is 5. The molecule has 0 amide bonds. The number of hydrogen-bond acceptors (Lipinski definition) is 2. The van der Waals surface area contributed by atoms with E-state index in [2.05, 4.69) is 107 Å². The van der Waals surface area contributed by atoms with E-state index >= 15 is 0 Å². The van der Waals surface area contributed by atoms with Crippen molar-refractivity contribution in [2.75, 3.05) is 0 Å². The van der Waals surface area contributed by atoms with Gasteiger partial charge in [-0.2, -0.15) is 10.2 Å². The third-order valence-electron chi connectivity index (χ3n) is 7.16. The molecule has 7 rings (SSSR count). The van der Waals surface area contributed by atoms with Gasteiger partial charge in [0.2, 0.25) is 0 Å². The molecule has 0 spiro atoms. The lowest BCUT2D eigenvalue weighted by molar-refractivity contribution is 0.690. The molecule has 0 aliphatic heterocycles. The molecule has 1 heterocycles. The average molecular weight is 465 g/mol. The molecule has 1 aliphatic carbocycles. The van der Waals surface area contributed by atoms with E-state index in [0.29, 0.717) is 0 Å². The van der Waals surface area contributed by atoms with Gasteiger partial charge in [-0.15, -0.1) is 0 Å². The van der Waals surface area contributed by atoms with E-state index in [1.54, 1.807) is 23.5 Å². The van der Waals surface area contributed by atoms with Gasteiger partial charge in [-0.1, -0.05) is 97.1 Å². The van der Waals surface area contributed by atoms with E-state index in [0.717, 1.165) is 0 Å². The Morgan fingerprint density at radius 3 is 1.69 bits per heavy atom. The molecule has 174 valence electrons. The van der Waals surface area contributed by atoms with E-state index in [9.17, 15) is 0 Å². The van der Waals surface area contributed by atoms with E-state index in [1.165, 1.54) is 69.5 Å². The van der Waals surface area contributed by atoms with Crippen LogP contribution in [0.5, 0.6) is 0 Å². The molecular formula is C34H28N2. The van der Waals surface area contributed by atoms with Gasteiger partial charge in [0.1, 0.15) is 0 Å². The molecule has 0 saturated heterocycles. The summed E-state index contributed by atoms with van der Waals surface area (Å²) < 4.78 is 0. The maximum absolute atomic E-state index is 3.53. The van der Waals surface area contributed by atoms with E-state index < -0.39 is 0 Å². The van der Waals surface area contributed by atoms with Crippen LogP contribution < -0.4 is 0 Å². The van der Waals surface area contributed by atoms with Gasteiger partial charge in [0.25, 0.3) is 0 Å². The van der Waals surface area contributed by atoms with Crippen molar-refractivity contribution in [3.63, 3.8) is 0 Å². The lowest BCUT2D eigenvalue weighted by Crippen LogP contribution is -2.03. The summed E-state index contributed by atoms with van der Waals surface area (Å²) >= 11 is 0. The molecule has 2 nitrogen and oxygen atoms in total. The first-order chi connectivity index (χ1) is 17.9. The van der Waals surface area contributed by atoms with Crippen molar-refractivity contribution in [2.45, 2.75) is 25.7 Å². The number of hydrogen-bond donors (Lipinski definition) is 0. The molecule has 36 heavy (non-hydrogen) atoms. The first kappa shape index (κ1) is 22.2. The fourth-order valence-corrected chi connectivity index (χ4v) is 5.50. The Morgan fingerprint density at radius 2 is 1.03 bits per heavy atom. The van der Waals surface area contributed by atoms with Crippen LogP contribution in [0.25, 0.3) is 43.8 Å². The van der Waals surface area contributed by atoms with Crippen molar-refractivity contribution in [1.82, 2.24) is 10.2 Å². The summed E-state index contributed by atoms with van der Waals surface area (Å²) in [6, 6.07) is 39.4. The minimum Gasteiger partial charge on any atom is -0.159 e. The van der Waals surface area contributed by atoms with Gasteiger partial charge in [-0.05, 0) is 92.7 Å². The second kappa shape index (κ2) is 10.1. The Balaban J connectivity index is 0.000000353. The van der Waals surface area contributed by atoms with Crippen molar-refractivity contribution in [1.29, 1.82) is 0 Å². The fraction of sp³-hybridized carbons (Fsp3) is 0.118. The van der Waals surface area contributed by atoms with E-state index in [1.807, 2.05) is 12.1 Å². The molecule has 1 aliphatic rings. The zero-order chi connectivity index (χ0) is 24.2. The highest BCUT2D eigenvalue weighted by Crippen LogP contribution is 2.41. The van der Waals surface area contributed by atoms with Crippen molar-refractivity contribution >= 4 is 21.5 Å². The predicted octanol–water partition coefficient (Wildman–Crippen LogP) is 8.68. The van der Waals surface area contributed by atoms with Crippen molar-refractivity contribution < 1.29 is 0 Å². The number of rotatable bonds is 2. The van der Waals surface area contributed by atoms with Crippen LogP contribution in [-0.2, 0) is 12.8 Å². The number of fused-ring (bicyclic) bond motifs is 5. The summed E-state index contributed by atoms with van der Waals surface area (Å²) in [6.07, 6.45) is 8.33. The second-order valence-corrected chi connectivity index (χ2v) is 9.30. The van der Waals surface area contributed by atoms with Crippen LogP contribution in [0.15, 0.2) is 122 Å². The highest BCUT2D eigenvalue weighted by Gasteiger charge is 2.17. The Bertz CT molecular complexity index is 1580. The lowest BCUT2D eigenvalue weighted by Gasteiger charge is -2.20. The minimum absolute atomic E-state index is 1.21. The molecule has 0 radical (unpaired) electrons. The Morgan fingerprint density at radius 1 is 0.444 bits per heavy atom. The zero-order valence-corrected chi connectivity index (χ0v) is 20.3. The lowest BCUT2D eigenvalue weighted by atomic mass is 9.84. The van der Waals surface area contributed by atoms with Crippen LogP contribution in [0, 0.1) is 0 Å². The molecule has 0 saturated carbocycles. The second-order valence-electron chi connectivity index (χ2n) is 9.30. The molecule has 6 aromatic rings. The van der Waals surface area contributed by atoms with Crippen LogP contribution in [-0.4, -0.2) is 10.2 Å². The van der Waals surface area contributed by atoms with Crippen LogP contribution in [0.1, 0.15) is 24.0 Å². The van der Waals surface area contributed by atoms with Gasteiger partial charge in [0.15, 0.2) is 0 Å². The number of aryl methyl sites for hydroxylation is 2. The van der Waals surface area contributed by atoms with Crippen molar-refractivity contribution in [3.05, 3.63) is 133 Å². The molecule has 0 bridgehead atoms. The summed E-state index contributed by atoms with van der Waals surface area (Å²) in [5.74, 6) is 0. The van der Waals surface area contributed by atoms with Gasteiger partial charge in [-0.25, -0.2) is 0 Å². The number of aromatic nitrogens is 2. The molecule has 0 N–H and O–H groups in total.